The number of carbonyl (C=O) groups excluding carboxylic acids is 4. The molecule has 0 spiro atoms. The number of carbonyl (C=O) groups is 4. The van der Waals surface area contributed by atoms with E-state index in [1.54, 1.807) is 13.8 Å². The summed E-state index contributed by atoms with van der Waals surface area (Å²) in [5, 5.41) is -0.145. The molecule has 1 radical (unpaired) electrons. The smallest absolute Gasteiger partial charge is 0.405 e. The van der Waals surface area contributed by atoms with Crippen LogP contribution < -0.4 is 0 Å². The van der Waals surface area contributed by atoms with Crippen molar-refractivity contribution in [3.8, 4) is 0 Å². The van der Waals surface area contributed by atoms with Crippen LogP contribution in [0, 0.1) is 0 Å². The zero-order valence-electron chi connectivity index (χ0n) is 43.2. The van der Waals surface area contributed by atoms with E-state index in [-0.39, 0.29) is 54.1 Å². The fraction of sp³-hybridized carbons (Fsp3) is 0.727. The highest BCUT2D eigenvalue weighted by molar-refractivity contribution is 8.25. The number of thioether (sulfide) groups is 4. The SMILES string of the molecule is CC1(C)OB(B2OC(C)(C)C(C)(C)O2)OC1(C)C.CC1(C)OB(C2=C3SC(=O)C(B4OC(C)(C)C(C)(C)O4)=C3SC2=O)OC1(C)C.CC1(C)O[B]OC1(C)C.CC1=C2SC(=O)C(C)=C2SC1=O. The monoisotopic (exact) mass is 1000 g/mol. The summed E-state index contributed by atoms with van der Waals surface area (Å²) in [6.45, 7) is 43.3. The van der Waals surface area contributed by atoms with Crippen LogP contribution in [0.25, 0.3) is 0 Å². The lowest BCUT2D eigenvalue weighted by atomic mass is 9.49. The maximum absolute atomic E-state index is 12.8. The summed E-state index contributed by atoms with van der Waals surface area (Å²) >= 11 is 4.43. The molecule has 67 heavy (non-hydrogen) atoms. The van der Waals surface area contributed by atoms with E-state index in [0.717, 1.165) is 44.5 Å². The minimum absolute atomic E-state index is 0.0827. The Hall–Kier alpha value is -1.04. The molecule has 0 aromatic rings. The van der Waals surface area contributed by atoms with E-state index in [1.807, 2.05) is 138 Å². The molecule has 14 nitrogen and oxygen atoms in total. The van der Waals surface area contributed by atoms with Crippen molar-refractivity contribution in [3.05, 3.63) is 41.7 Å². The quantitative estimate of drug-likeness (QED) is 0.247. The minimum Gasteiger partial charge on any atom is -0.405 e. The molecule has 5 saturated heterocycles. The van der Waals surface area contributed by atoms with E-state index in [9.17, 15) is 19.2 Å². The fourth-order valence-corrected chi connectivity index (χ4v) is 11.5. The van der Waals surface area contributed by atoms with Crippen LogP contribution >= 0.6 is 47.0 Å². The van der Waals surface area contributed by atoms with Crippen molar-refractivity contribution in [2.24, 2.45) is 0 Å². The first-order valence-corrected chi connectivity index (χ1v) is 25.8. The van der Waals surface area contributed by atoms with Crippen LogP contribution in [0.4, 0.5) is 0 Å². The van der Waals surface area contributed by atoms with Gasteiger partial charge in [-0.15, -0.1) is 0 Å². The summed E-state index contributed by atoms with van der Waals surface area (Å²) in [6.07, 6.45) is 0. The van der Waals surface area contributed by atoms with Gasteiger partial charge in [0.1, 0.15) is 0 Å². The molecule has 365 valence electrons. The second-order valence-corrected chi connectivity index (χ2v) is 26.7. The van der Waals surface area contributed by atoms with Crippen LogP contribution in [0.15, 0.2) is 41.7 Å². The van der Waals surface area contributed by atoms with E-state index in [2.05, 4.69) is 0 Å². The second-order valence-electron chi connectivity index (χ2n) is 22.7. The number of hydrogen-bond acceptors (Lipinski definition) is 18. The second kappa shape index (κ2) is 17.9. The number of hydrogen-bond donors (Lipinski definition) is 0. The molecule has 0 aromatic heterocycles. The average Bonchev–Trinajstić information content (AvgIpc) is 4.00. The third-order valence-electron chi connectivity index (χ3n) is 15.3. The molecule has 9 aliphatic heterocycles. The van der Waals surface area contributed by atoms with Crippen LogP contribution in [0.3, 0.4) is 0 Å². The molecule has 0 aromatic carbocycles. The van der Waals surface area contributed by atoms with Crippen molar-refractivity contribution in [2.45, 2.75) is 208 Å². The van der Waals surface area contributed by atoms with E-state index in [1.165, 1.54) is 31.2 Å². The molecule has 0 N–H and O–H groups in total. The maximum Gasteiger partial charge on any atom is 0.500 e. The molecule has 9 aliphatic rings. The summed E-state index contributed by atoms with van der Waals surface area (Å²) in [7, 11) is -1.13. The summed E-state index contributed by atoms with van der Waals surface area (Å²) in [5.74, 6) is 0. The van der Waals surface area contributed by atoms with Crippen LogP contribution in [0.2, 0.25) is 0 Å². The van der Waals surface area contributed by atoms with Crippen molar-refractivity contribution in [1.29, 1.82) is 0 Å². The molecule has 9 heterocycles. The molecule has 0 saturated carbocycles. The first-order chi connectivity index (χ1) is 30.1. The molecule has 0 atom stereocenters. The van der Waals surface area contributed by atoms with E-state index >= 15 is 0 Å². The van der Waals surface area contributed by atoms with Crippen molar-refractivity contribution in [2.75, 3.05) is 0 Å². The Morgan fingerprint density at radius 3 is 0.776 bits per heavy atom. The molecular weight excluding hydrogens is 935 g/mol. The van der Waals surface area contributed by atoms with Gasteiger partial charge in [-0.2, -0.15) is 0 Å². The lowest BCUT2D eigenvalue weighted by Gasteiger charge is -2.32. The molecule has 0 unspecified atom stereocenters. The van der Waals surface area contributed by atoms with Gasteiger partial charge < -0.3 is 46.5 Å². The van der Waals surface area contributed by atoms with Gasteiger partial charge in [0.05, 0.1) is 67.0 Å². The Labute approximate surface area is 417 Å². The Morgan fingerprint density at radius 2 is 0.552 bits per heavy atom. The Morgan fingerprint density at radius 1 is 0.328 bits per heavy atom. The van der Waals surface area contributed by atoms with Crippen LogP contribution in [-0.4, -0.2) is 112 Å². The normalized spacial score (nSPS) is 29.3. The van der Waals surface area contributed by atoms with Gasteiger partial charge in [0.15, 0.2) is 0 Å². The first kappa shape index (κ1) is 55.3. The zero-order chi connectivity index (χ0) is 50.8. The van der Waals surface area contributed by atoms with Gasteiger partial charge in [0.25, 0.3) is 0 Å². The van der Waals surface area contributed by atoms with Gasteiger partial charge >= 0.3 is 35.9 Å². The van der Waals surface area contributed by atoms with Crippen molar-refractivity contribution >= 4 is 103 Å². The molecule has 23 heteroatoms. The van der Waals surface area contributed by atoms with Gasteiger partial charge in [-0.25, -0.2) is 0 Å². The van der Waals surface area contributed by atoms with Gasteiger partial charge in [-0.1, -0.05) is 0 Å². The zero-order valence-corrected chi connectivity index (χ0v) is 46.5. The van der Waals surface area contributed by atoms with E-state index in [0.29, 0.717) is 20.8 Å². The van der Waals surface area contributed by atoms with Crippen LogP contribution in [0.1, 0.15) is 152 Å². The predicted octanol–water partition coefficient (Wildman–Crippen LogP) is 8.76. The maximum atomic E-state index is 12.8. The average molecular weight is 1000 g/mol. The number of fused-ring (bicyclic) bond motifs is 2. The van der Waals surface area contributed by atoms with Gasteiger partial charge in [-0.3, -0.25) is 19.2 Å². The largest absolute Gasteiger partial charge is 0.500 e. The minimum atomic E-state index is -0.796. The molecule has 0 amide bonds. The standard InChI is InChI=1S/C18H24B2O6S2.C12H24B2O4.C8H6O2S2.C6H12BO2/c1-15(2)16(3,4)24-19(23-15)9-11-12(28-13(9)21)10(14(22)27-11)20-25-17(5,6)18(7,8)26-20;1-9(2)10(3,4)16-13(15-9)14-17-11(5,6)12(7,8)18-14;1-3-5-6(12-7(3)9)4(2)8(10)11-5;1-5(2)6(3,4)9-7-8-5/h1-8H3;1-8H3;1-2H3;1-4H3. The highest BCUT2D eigenvalue weighted by Gasteiger charge is 2.64. The topological polar surface area (TPSA) is 161 Å². The van der Waals surface area contributed by atoms with Gasteiger partial charge in [0, 0.05) is 30.8 Å². The molecule has 0 bridgehead atoms. The first-order valence-electron chi connectivity index (χ1n) is 22.5. The molecular formula is C44H66B5O14S4. The number of rotatable bonds is 3. The summed E-state index contributed by atoms with van der Waals surface area (Å²) in [5.41, 5.74) is -1.81. The summed E-state index contributed by atoms with van der Waals surface area (Å²) in [4.78, 5) is 51.0. The van der Waals surface area contributed by atoms with Gasteiger partial charge in [-0.05, 0) is 199 Å². The van der Waals surface area contributed by atoms with Crippen molar-refractivity contribution < 1.29 is 65.7 Å². The highest BCUT2D eigenvalue weighted by Crippen LogP contribution is 2.56. The van der Waals surface area contributed by atoms with E-state index in [4.69, 9.17) is 46.5 Å². The Kier molecular flexibility index (Phi) is 14.7. The lowest BCUT2D eigenvalue weighted by Crippen LogP contribution is -2.41. The summed E-state index contributed by atoms with van der Waals surface area (Å²) in [6, 6.07) is 0. The Bertz CT molecular complexity index is 2040. The van der Waals surface area contributed by atoms with Crippen LogP contribution in [-0.2, 0) is 65.7 Å². The molecule has 9 rings (SSSR count). The predicted molar refractivity (Wildman–Crippen MR) is 270 cm³/mol. The molecule has 5 fully saturated rings. The highest BCUT2D eigenvalue weighted by atomic mass is 32.2. The van der Waals surface area contributed by atoms with E-state index < -0.39 is 50.7 Å². The lowest BCUT2D eigenvalue weighted by molar-refractivity contribution is -0.108. The van der Waals surface area contributed by atoms with Gasteiger partial charge in [0.2, 0.25) is 20.5 Å². The summed E-state index contributed by atoms with van der Waals surface area (Å²) < 4.78 is 58.5. The third kappa shape index (κ3) is 10.1. The van der Waals surface area contributed by atoms with Crippen molar-refractivity contribution in [3.63, 3.8) is 0 Å². The molecule has 0 aliphatic carbocycles. The third-order valence-corrected chi connectivity index (χ3v) is 20.0. The fourth-order valence-electron chi connectivity index (χ4n) is 6.91. The Balaban J connectivity index is 0.000000162. The van der Waals surface area contributed by atoms with Crippen molar-refractivity contribution in [1.82, 2.24) is 0 Å². The van der Waals surface area contributed by atoms with Crippen LogP contribution in [0.5, 0.6) is 0 Å².